The van der Waals surface area contributed by atoms with Crippen molar-refractivity contribution in [1.82, 2.24) is 15.2 Å². The molecule has 1 aliphatic rings. The molecule has 18 heavy (non-hydrogen) atoms. The van der Waals surface area contributed by atoms with Gasteiger partial charge in [-0.3, -0.25) is 16.0 Å². The van der Waals surface area contributed by atoms with Crippen LogP contribution in [0.15, 0.2) is 6.07 Å². The summed E-state index contributed by atoms with van der Waals surface area (Å²) in [6.45, 7) is 2.94. The van der Waals surface area contributed by atoms with E-state index in [1.54, 1.807) is 0 Å². The Labute approximate surface area is 112 Å². The van der Waals surface area contributed by atoms with Crippen LogP contribution in [-0.4, -0.2) is 40.0 Å². The fraction of sp³-hybridized carbons (Fsp3) is 0.750. The van der Waals surface area contributed by atoms with E-state index in [2.05, 4.69) is 23.5 Å². The first-order valence-corrected chi connectivity index (χ1v) is 7.57. The molecule has 0 amide bonds. The molecule has 102 valence electrons. The quantitative estimate of drug-likeness (QED) is 0.602. The van der Waals surface area contributed by atoms with Crippen LogP contribution in [0.3, 0.4) is 0 Å². The molecule has 1 aromatic heterocycles. The van der Waals surface area contributed by atoms with E-state index in [0.717, 1.165) is 36.6 Å². The number of aromatic nitrogens is 2. The monoisotopic (exact) mass is 270 g/mol. The standard InChI is InChI=1S/C12H22N4OS/c1-3-9-6-10(16(2)15-9)7-11(14-13)12-8-18-5-4-17-12/h6,11-12,14H,3-5,7-8,13H2,1-2H3. The predicted molar refractivity (Wildman–Crippen MR) is 74.5 cm³/mol. The lowest BCUT2D eigenvalue weighted by Crippen LogP contribution is -2.49. The van der Waals surface area contributed by atoms with Crippen molar-refractivity contribution < 1.29 is 4.74 Å². The Hall–Kier alpha value is -0.560. The Kier molecular flexibility index (Phi) is 5.05. The molecular weight excluding hydrogens is 248 g/mol. The molecule has 0 bridgehead atoms. The topological polar surface area (TPSA) is 65.1 Å². The third kappa shape index (κ3) is 3.26. The third-order valence-electron chi connectivity index (χ3n) is 3.32. The maximum atomic E-state index is 5.78. The Morgan fingerprint density at radius 2 is 2.56 bits per heavy atom. The van der Waals surface area contributed by atoms with Crippen LogP contribution in [0.1, 0.15) is 18.3 Å². The van der Waals surface area contributed by atoms with Gasteiger partial charge in [-0.05, 0) is 12.5 Å². The van der Waals surface area contributed by atoms with E-state index in [4.69, 9.17) is 10.6 Å². The maximum Gasteiger partial charge on any atom is 0.0835 e. The van der Waals surface area contributed by atoms with Crippen LogP contribution in [-0.2, 0) is 24.6 Å². The maximum absolute atomic E-state index is 5.78. The molecule has 3 N–H and O–H groups in total. The summed E-state index contributed by atoms with van der Waals surface area (Å²) in [5.41, 5.74) is 5.23. The van der Waals surface area contributed by atoms with Crippen molar-refractivity contribution in [2.75, 3.05) is 18.1 Å². The molecule has 2 unspecified atom stereocenters. The normalized spacial score (nSPS) is 22.1. The van der Waals surface area contributed by atoms with Crippen LogP contribution in [0, 0.1) is 0 Å². The zero-order chi connectivity index (χ0) is 13.0. The molecule has 0 spiro atoms. The van der Waals surface area contributed by atoms with Gasteiger partial charge in [0.2, 0.25) is 0 Å². The van der Waals surface area contributed by atoms with Crippen LogP contribution in [0.25, 0.3) is 0 Å². The van der Waals surface area contributed by atoms with E-state index in [-0.39, 0.29) is 12.1 Å². The molecule has 0 radical (unpaired) electrons. The summed E-state index contributed by atoms with van der Waals surface area (Å²) >= 11 is 1.93. The van der Waals surface area contributed by atoms with Gasteiger partial charge in [-0.1, -0.05) is 6.92 Å². The molecule has 1 fully saturated rings. The van der Waals surface area contributed by atoms with Gasteiger partial charge in [-0.2, -0.15) is 16.9 Å². The second kappa shape index (κ2) is 6.56. The largest absolute Gasteiger partial charge is 0.375 e. The molecule has 6 heteroatoms. The lowest BCUT2D eigenvalue weighted by molar-refractivity contribution is 0.0467. The first-order valence-electron chi connectivity index (χ1n) is 6.41. The van der Waals surface area contributed by atoms with Crippen LogP contribution in [0.4, 0.5) is 0 Å². The van der Waals surface area contributed by atoms with Crippen LogP contribution < -0.4 is 11.3 Å². The van der Waals surface area contributed by atoms with Crippen molar-refractivity contribution >= 4 is 11.8 Å². The van der Waals surface area contributed by atoms with E-state index in [9.17, 15) is 0 Å². The molecule has 0 aliphatic carbocycles. The van der Waals surface area contributed by atoms with Gasteiger partial charge in [0, 0.05) is 30.7 Å². The molecule has 0 saturated carbocycles. The van der Waals surface area contributed by atoms with E-state index >= 15 is 0 Å². The summed E-state index contributed by atoms with van der Waals surface area (Å²) in [5.74, 6) is 7.76. The minimum Gasteiger partial charge on any atom is -0.375 e. The highest BCUT2D eigenvalue weighted by Crippen LogP contribution is 2.18. The summed E-state index contributed by atoms with van der Waals surface area (Å²) in [6.07, 6.45) is 2.00. The average Bonchev–Trinajstić information content (AvgIpc) is 2.77. The van der Waals surface area contributed by atoms with Gasteiger partial charge in [0.25, 0.3) is 0 Å². The number of thioether (sulfide) groups is 1. The minimum atomic E-state index is 0.151. The Balaban J connectivity index is 2.02. The second-order valence-electron chi connectivity index (χ2n) is 4.57. The summed E-state index contributed by atoms with van der Waals surface area (Å²) in [7, 11) is 1.98. The molecular formula is C12H22N4OS. The number of nitrogens with one attached hydrogen (secondary N) is 1. The highest BCUT2D eigenvalue weighted by molar-refractivity contribution is 7.99. The Morgan fingerprint density at radius 1 is 1.72 bits per heavy atom. The molecule has 2 heterocycles. The van der Waals surface area contributed by atoms with E-state index in [0.29, 0.717) is 0 Å². The van der Waals surface area contributed by atoms with Gasteiger partial charge in [-0.25, -0.2) is 0 Å². The van der Waals surface area contributed by atoms with Crippen LogP contribution in [0.2, 0.25) is 0 Å². The van der Waals surface area contributed by atoms with E-state index in [1.807, 2.05) is 23.5 Å². The molecule has 1 aliphatic heterocycles. The fourth-order valence-electron chi connectivity index (χ4n) is 2.20. The predicted octanol–water partition coefficient (Wildman–Crippen LogP) is 0.489. The van der Waals surface area contributed by atoms with Crippen LogP contribution in [0.5, 0.6) is 0 Å². The van der Waals surface area contributed by atoms with Gasteiger partial charge in [0.05, 0.1) is 24.4 Å². The Morgan fingerprint density at radius 3 is 3.11 bits per heavy atom. The summed E-state index contributed by atoms with van der Waals surface area (Å²) in [4.78, 5) is 0. The SMILES string of the molecule is CCc1cc(CC(NN)C2CSCCO2)n(C)n1. The van der Waals surface area contributed by atoms with Gasteiger partial charge >= 0.3 is 0 Å². The molecule has 5 nitrogen and oxygen atoms in total. The summed E-state index contributed by atoms with van der Waals surface area (Å²) in [6, 6.07) is 2.30. The number of aryl methyl sites for hydroxylation is 2. The summed E-state index contributed by atoms with van der Waals surface area (Å²) in [5, 5.41) is 4.46. The van der Waals surface area contributed by atoms with Gasteiger partial charge in [0.1, 0.15) is 0 Å². The zero-order valence-electron chi connectivity index (χ0n) is 11.1. The zero-order valence-corrected chi connectivity index (χ0v) is 11.9. The second-order valence-corrected chi connectivity index (χ2v) is 5.72. The first kappa shape index (κ1) is 13.9. The number of nitrogens with two attached hydrogens (primary N) is 1. The number of rotatable bonds is 5. The van der Waals surface area contributed by atoms with Crippen molar-refractivity contribution in [2.24, 2.45) is 12.9 Å². The van der Waals surface area contributed by atoms with E-state index in [1.165, 1.54) is 5.69 Å². The smallest absolute Gasteiger partial charge is 0.0835 e. The number of ether oxygens (including phenoxy) is 1. The van der Waals surface area contributed by atoms with E-state index < -0.39 is 0 Å². The molecule has 0 aromatic carbocycles. The highest BCUT2D eigenvalue weighted by Gasteiger charge is 2.25. The lowest BCUT2D eigenvalue weighted by atomic mass is 10.1. The van der Waals surface area contributed by atoms with Crippen LogP contribution >= 0.6 is 11.8 Å². The van der Waals surface area contributed by atoms with Crippen molar-refractivity contribution in [1.29, 1.82) is 0 Å². The third-order valence-corrected chi connectivity index (χ3v) is 4.34. The van der Waals surface area contributed by atoms with Gasteiger partial charge in [0.15, 0.2) is 0 Å². The van der Waals surface area contributed by atoms with Crippen molar-refractivity contribution in [3.05, 3.63) is 17.5 Å². The average molecular weight is 270 g/mol. The van der Waals surface area contributed by atoms with Gasteiger partial charge < -0.3 is 4.74 Å². The molecule has 1 aromatic rings. The van der Waals surface area contributed by atoms with Crippen molar-refractivity contribution in [3.63, 3.8) is 0 Å². The lowest BCUT2D eigenvalue weighted by Gasteiger charge is -2.29. The van der Waals surface area contributed by atoms with Crippen molar-refractivity contribution in [2.45, 2.75) is 31.9 Å². The number of nitrogens with zero attached hydrogens (tertiary/aromatic N) is 2. The number of hydrogen-bond acceptors (Lipinski definition) is 5. The first-order chi connectivity index (χ1) is 8.74. The minimum absolute atomic E-state index is 0.151. The Bertz CT molecular complexity index is 376. The highest BCUT2D eigenvalue weighted by atomic mass is 32.2. The molecule has 1 saturated heterocycles. The molecule has 2 rings (SSSR count). The van der Waals surface area contributed by atoms with Crippen molar-refractivity contribution in [3.8, 4) is 0 Å². The number of hydrogen-bond donors (Lipinski definition) is 2. The summed E-state index contributed by atoms with van der Waals surface area (Å²) < 4.78 is 7.73. The molecule has 2 atom stereocenters. The fourth-order valence-corrected chi connectivity index (χ4v) is 3.14. The number of hydrazine groups is 1. The van der Waals surface area contributed by atoms with Gasteiger partial charge in [-0.15, -0.1) is 0 Å².